The molecule has 2 aromatic rings. The summed E-state index contributed by atoms with van der Waals surface area (Å²) < 4.78 is 20.5. The van der Waals surface area contributed by atoms with Crippen molar-refractivity contribution in [1.29, 1.82) is 0 Å². The number of hydrogen-bond donors (Lipinski definition) is 2. The van der Waals surface area contributed by atoms with E-state index in [0.717, 1.165) is 19.3 Å². The van der Waals surface area contributed by atoms with Crippen molar-refractivity contribution in [3.63, 3.8) is 0 Å². The first kappa shape index (κ1) is 24.7. The largest absolute Gasteiger partial charge is 0.485 e. The lowest BCUT2D eigenvalue weighted by Gasteiger charge is -2.56. The van der Waals surface area contributed by atoms with Crippen LogP contribution in [0.4, 0.5) is 11.4 Å². The lowest BCUT2D eigenvalue weighted by atomic mass is 9.84. The zero-order valence-electron chi connectivity index (χ0n) is 20.5. The molecule has 0 amide bonds. The van der Waals surface area contributed by atoms with E-state index in [0.29, 0.717) is 22.9 Å². The molecule has 1 aliphatic rings. The van der Waals surface area contributed by atoms with Crippen molar-refractivity contribution in [2.24, 2.45) is 0 Å². The number of nitrogen functional groups attached to an aromatic ring is 2. The normalized spacial score (nSPS) is 23.8. The van der Waals surface area contributed by atoms with Crippen molar-refractivity contribution in [3.8, 4) is 11.5 Å². The van der Waals surface area contributed by atoms with Crippen molar-refractivity contribution < 1.29 is 13.9 Å². The van der Waals surface area contributed by atoms with E-state index in [4.69, 9.17) is 25.4 Å². The van der Waals surface area contributed by atoms with Gasteiger partial charge in [0, 0.05) is 0 Å². The second-order valence-corrected chi connectivity index (χ2v) is 25.2. The second kappa shape index (κ2) is 9.49. The molecule has 4 N–H and O–H groups in total. The van der Waals surface area contributed by atoms with Crippen LogP contribution >= 0.6 is 0 Å². The van der Waals surface area contributed by atoms with Gasteiger partial charge in [-0.05, 0) is 56.6 Å². The molecule has 0 aromatic heterocycles. The highest BCUT2D eigenvalue weighted by Crippen LogP contribution is 2.46. The Hall–Kier alpha value is -1.97. The fourth-order valence-corrected chi connectivity index (χ4v) is 11.5. The van der Waals surface area contributed by atoms with E-state index in [1.54, 1.807) is 0 Å². The fraction of sp³-hybridized carbons (Fsp3) is 0.520. The molecule has 0 spiro atoms. The van der Waals surface area contributed by atoms with Crippen LogP contribution in [0, 0.1) is 0 Å². The summed E-state index contributed by atoms with van der Waals surface area (Å²) in [6.45, 7) is 14.0. The topological polar surface area (TPSA) is 79.7 Å². The molecule has 1 heterocycles. The Bertz CT molecular complexity index is 864. The Morgan fingerprint density at radius 2 is 1.28 bits per heavy atom. The number of anilines is 2. The van der Waals surface area contributed by atoms with Gasteiger partial charge in [-0.15, -0.1) is 0 Å². The van der Waals surface area contributed by atoms with Gasteiger partial charge in [0.15, 0.2) is 7.83 Å². The molecule has 0 bridgehead atoms. The zero-order valence-corrected chi connectivity index (χ0v) is 22.5. The smallest absolute Gasteiger partial charge is 0.175 e. The van der Waals surface area contributed by atoms with Crippen LogP contribution in [0.15, 0.2) is 48.5 Å². The van der Waals surface area contributed by atoms with Crippen LogP contribution in [0.5, 0.6) is 11.5 Å². The lowest BCUT2D eigenvalue weighted by Crippen LogP contribution is -2.72. The Labute approximate surface area is 195 Å². The minimum Gasteiger partial charge on any atom is -0.485 e. The van der Waals surface area contributed by atoms with E-state index < -0.39 is 21.0 Å². The van der Waals surface area contributed by atoms with Crippen LogP contribution in [0.25, 0.3) is 0 Å². The molecular weight excluding hydrogens is 432 g/mol. The highest BCUT2D eigenvalue weighted by molar-refractivity contribution is 7.38. The summed E-state index contributed by atoms with van der Waals surface area (Å²) in [6.07, 6.45) is 2.15. The minimum atomic E-state index is -1.96. The molecule has 3 rings (SSSR count). The van der Waals surface area contributed by atoms with Crippen molar-refractivity contribution >= 4 is 26.8 Å². The quantitative estimate of drug-likeness (QED) is 0.363. The molecule has 1 fully saturated rings. The van der Waals surface area contributed by atoms with E-state index in [1.807, 2.05) is 48.5 Å². The maximum absolute atomic E-state index is 7.28. The third-order valence-electron chi connectivity index (χ3n) is 7.42. The molecule has 176 valence electrons. The summed E-state index contributed by atoms with van der Waals surface area (Å²) in [4.78, 5) is 0. The van der Waals surface area contributed by atoms with Gasteiger partial charge in [-0.25, -0.2) is 0 Å². The van der Waals surface area contributed by atoms with Crippen molar-refractivity contribution in [1.82, 2.24) is 0 Å². The van der Waals surface area contributed by atoms with E-state index in [2.05, 4.69) is 40.0 Å². The van der Waals surface area contributed by atoms with E-state index in [-0.39, 0.29) is 12.2 Å². The highest BCUT2D eigenvalue weighted by atomic mass is 29.3. The van der Waals surface area contributed by atoms with Crippen LogP contribution in [0.1, 0.15) is 33.1 Å². The Balaban J connectivity index is 2.06. The number of hydrogen-bond acceptors (Lipinski definition) is 5. The molecular formula is C25H40N2O3Si2. The maximum Gasteiger partial charge on any atom is 0.175 e. The van der Waals surface area contributed by atoms with E-state index in [9.17, 15) is 0 Å². The SMILES string of the molecule is CCC(Oc1ccccc1N)C1(C(CC)Oc2ccccc2N)CC[Si](C)(C)[Si](C)(C)O1. The monoisotopic (exact) mass is 472 g/mol. The summed E-state index contributed by atoms with van der Waals surface area (Å²) in [7, 11) is -3.43. The summed E-state index contributed by atoms with van der Waals surface area (Å²) in [5.41, 5.74) is 13.2. The van der Waals surface area contributed by atoms with E-state index >= 15 is 0 Å². The van der Waals surface area contributed by atoms with Gasteiger partial charge in [-0.3, -0.25) is 0 Å². The number of para-hydroxylation sites is 4. The van der Waals surface area contributed by atoms with Crippen molar-refractivity contribution in [2.75, 3.05) is 11.5 Å². The molecule has 2 unspecified atom stereocenters. The first-order chi connectivity index (χ1) is 15.1. The van der Waals surface area contributed by atoms with Gasteiger partial charge in [-0.1, -0.05) is 57.3 Å². The van der Waals surface area contributed by atoms with Crippen LogP contribution in [0.2, 0.25) is 32.2 Å². The van der Waals surface area contributed by atoms with Crippen LogP contribution in [0.3, 0.4) is 0 Å². The predicted octanol–water partition coefficient (Wildman–Crippen LogP) is 6.02. The number of rotatable bonds is 8. The number of nitrogens with two attached hydrogens (primary N) is 2. The molecule has 0 saturated carbocycles. The Morgan fingerprint density at radius 1 is 0.844 bits per heavy atom. The average molecular weight is 473 g/mol. The molecule has 7 heteroatoms. The molecule has 5 nitrogen and oxygen atoms in total. The second-order valence-electron chi connectivity index (χ2n) is 10.1. The molecule has 0 aliphatic carbocycles. The first-order valence-corrected chi connectivity index (χ1v) is 18.9. The fourth-order valence-electron chi connectivity index (χ4n) is 4.67. The lowest BCUT2D eigenvalue weighted by molar-refractivity contribution is -0.120. The molecule has 0 radical (unpaired) electrons. The van der Waals surface area contributed by atoms with Crippen LogP contribution < -0.4 is 20.9 Å². The Morgan fingerprint density at radius 3 is 1.66 bits per heavy atom. The van der Waals surface area contributed by atoms with Gasteiger partial charge >= 0.3 is 0 Å². The third kappa shape index (κ3) is 4.70. The molecule has 2 atom stereocenters. The predicted molar refractivity (Wildman–Crippen MR) is 139 cm³/mol. The summed E-state index contributed by atoms with van der Waals surface area (Å²) in [5, 5.41) is 0. The van der Waals surface area contributed by atoms with Gasteiger partial charge in [0.05, 0.1) is 19.0 Å². The van der Waals surface area contributed by atoms with Gasteiger partial charge in [-0.2, -0.15) is 0 Å². The van der Waals surface area contributed by atoms with E-state index in [1.165, 1.54) is 6.04 Å². The van der Waals surface area contributed by atoms with Gasteiger partial charge in [0.1, 0.15) is 29.3 Å². The van der Waals surface area contributed by atoms with Gasteiger partial charge in [0.2, 0.25) is 0 Å². The zero-order chi connectivity index (χ0) is 23.6. The highest BCUT2D eigenvalue weighted by Gasteiger charge is 2.59. The minimum absolute atomic E-state index is 0.182. The first-order valence-electron chi connectivity index (χ1n) is 11.8. The van der Waals surface area contributed by atoms with Crippen LogP contribution in [-0.4, -0.2) is 33.2 Å². The standard InChI is InChI=1S/C25H40N2O3Si2/c1-7-23(28-21-15-11-9-13-19(21)26)25(17-18-31(3,4)32(5,6)30-25)24(8-2)29-22-16-12-10-14-20(22)27/h9-16,23-24H,7-8,17-18,26-27H2,1-6H3. The van der Waals surface area contributed by atoms with Crippen LogP contribution in [-0.2, 0) is 4.43 Å². The van der Waals surface area contributed by atoms with Gasteiger partial charge in [0.25, 0.3) is 0 Å². The number of ether oxygens (including phenoxy) is 2. The molecule has 1 aliphatic heterocycles. The molecule has 1 saturated heterocycles. The Kier molecular flexibility index (Phi) is 7.32. The molecule has 32 heavy (non-hydrogen) atoms. The third-order valence-corrected chi connectivity index (χ3v) is 23.9. The maximum atomic E-state index is 7.28. The van der Waals surface area contributed by atoms with Gasteiger partial charge < -0.3 is 25.4 Å². The van der Waals surface area contributed by atoms with Crippen molar-refractivity contribution in [2.45, 2.75) is 83.2 Å². The summed E-state index contributed by atoms with van der Waals surface area (Å²) in [5.74, 6) is 1.41. The summed E-state index contributed by atoms with van der Waals surface area (Å²) >= 11 is 0. The number of benzene rings is 2. The average Bonchev–Trinajstić information content (AvgIpc) is 2.75. The van der Waals surface area contributed by atoms with Crippen molar-refractivity contribution in [3.05, 3.63) is 48.5 Å². The summed E-state index contributed by atoms with van der Waals surface area (Å²) in [6, 6.07) is 16.6. The molecule has 2 aromatic carbocycles.